The average Bonchev–Trinajstić information content (AvgIpc) is 2.49. The molecule has 110 valence electrons. The van der Waals surface area contributed by atoms with Gasteiger partial charge < -0.3 is 9.64 Å². The zero-order valence-corrected chi connectivity index (χ0v) is 12.8. The van der Waals surface area contributed by atoms with E-state index in [0.717, 1.165) is 11.3 Å². The van der Waals surface area contributed by atoms with E-state index in [1.54, 1.807) is 11.9 Å². The number of likely N-dealkylation sites (N-methyl/N-ethyl adjacent to an activating group) is 1. The van der Waals surface area contributed by atoms with Gasteiger partial charge in [-0.1, -0.05) is 35.4 Å². The second-order valence-electron chi connectivity index (χ2n) is 5.25. The maximum absolute atomic E-state index is 12.2. The number of rotatable bonds is 5. The Morgan fingerprint density at radius 2 is 1.48 bits per heavy atom. The zero-order chi connectivity index (χ0) is 15.2. The molecule has 0 aromatic heterocycles. The fraction of sp³-hybridized carbons (Fsp3) is 0.278. The van der Waals surface area contributed by atoms with Gasteiger partial charge in [-0.25, -0.2) is 0 Å². The molecule has 2 aromatic rings. The number of benzene rings is 2. The van der Waals surface area contributed by atoms with Crippen molar-refractivity contribution in [2.75, 3.05) is 20.2 Å². The van der Waals surface area contributed by atoms with E-state index in [0.29, 0.717) is 18.7 Å². The van der Waals surface area contributed by atoms with Crippen molar-refractivity contribution < 1.29 is 9.53 Å². The number of carbonyl (C=O) groups is 1. The van der Waals surface area contributed by atoms with Gasteiger partial charge in [0.1, 0.15) is 12.4 Å². The summed E-state index contributed by atoms with van der Waals surface area (Å²) in [6.07, 6.45) is 0. The molecule has 1 amide bonds. The van der Waals surface area contributed by atoms with Crippen LogP contribution in [0.5, 0.6) is 5.75 Å². The van der Waals surface area contributed by atoms with Gasteiger partial charge in [0.25, 0.3) is 5.91 Å². The number of hydrogen-bond donors (Lipinski definition) is 0. The monoisotopic (exact) mass is 283 g/mol. The van der Waals surface area contributed by atoms with Crippen molar-refractivity contribution in [1.29, 1.82) is 0 Å². The van der Waals surface area contributed by atoms with Crippen molar-refractivity contribution in [3.63, 3.8) is 0 Å². The number of aryl methyl sites for hydroxylation is 2. The summed E-state index contributed by atoms with van der Waals surface area (Å²) in [5.41, 5.74) is 3.06. The van der Waals surface area contributed by atoms with Crippen molar-refractivity contribution in [3.8, 4) is 5.75 Å². The quantitative estimate of drug-likeness (QED) is 0.841. The lowest BCUT2D eigenvalue weighted by molar-refractivity contribution is 0.0774. The molecular formula is C18H21NO2. The van der Waals surface area contributed by atoms with Gasteiger partial charge in [0.2, 0.25) is 0 Å². The minimum atomic E-state index is 0.0162. The number of nitrogens with zero attached hydrogens (tertiary/aromatic N) is 1. The minimum absolute atomic E-state index is 0.0162. The number of ether oxygens (including phenoxy) is 1. The van der Waals surface area contributed by atoms with E-state index in [2.05, 4.69) is 0 Å². The van der Waals surface area contributed by atoms with Crippen LogP contribution in [0.2, 0.25) is 0 Å². The van der Waals surface area contributed by atoms with E-state index in [1.165, 1.54) is 5.56 Å². The summed E-state index contributed by atoms with van der Waals surface area (Å²) in [7, 11) is 1.79. The fourth-order valence-corrected chi connectivity index (χ4v) is 1.95. The van der Waals surface area contributed by atoms with Gasteiger partial charge in [0.05, 0.1) is 6.54 Å². The Bertz CT molecular complexity index is 588. The summed E-state index contributed by atoms with van der Waals surface area (Å²) in [5.74, 6) is 0.847. The molecule has 0 unspecified atom stereocenters. The van der Waals surface area contributed by atoms with E-state index >= 15 is 0 Å². The van der Waals surface area contributed by atoms with Crippen molar-refractivity contribution in [2.24, 2.45) is 0 Å². The number of carbonyl (C=O) groups excluding carboxylic acids is 1. The Morgan fingerprint density at radius 1 is 0.952 bits per heavy atom. The summed E-state index contributed by atoms with van der Waals surface area (Å²) in [6.45, 7) is 5.09. The molecule has 0 saturated carbocycles. The molecule has 0 atom stereocenters. The molecule has 3 nitrogen and oxygen atoms in total. The van der Waals surface area contributed by atoms with Crippen molar-refractivity contribution in [3.05, 3.63) is 65.2 Å². The van der Waals surface area contributed by atoms with E-state index in [-0.39, 0.29) is 5.91 Å². The lowest BCUT2D eigenvalue weighted by Gasteiger charge is -2.17. The highest BCUT2D eigenvalue weighted by Gasteiger charge is 2.11. The highest BCUT2D eigenvalue weighted by Crippen LogP contribution is 2.11. The summed E-state index contributed by atoms with van der Waals surface area (Å²) in [4.78, 5) is 13.9. The smallest absolute Gasteiger partial charge is 0.253 e. The first kappa shape index (κ1) is 15.1. The van der Waals surface area contributed by atoms with Gasteiger partial charge in [0, 0.05) is 12.6 Å². The first-order valence-corrected chi connectivity index (χ1v) is 7.08. The predicted octanol–water partition coefficient (Wildman–Crippen LogP) is 3.45. The Labute approximate surface area is 126 Å². The van der Waals surface area contributed by atoms with Crippen molar-refractivity contribution >= 4 is 5.91 Å². The Kier molecular flexibility index (Phi) is 4.99. The van der Waals surface area contributed by atoms with Crippen molar-refractivity contribution in [1.82, 2.24) is 4.90 Å². The van der Waals surface area contributed by atoms with Gasteiger partial charge in [-0.05, 0) is 38.1 Å². The van der Waals surface area contributed by atoms with E-state index < -0.39 is 0 Å². The summed E-state index contributed by atoms with van der Waals surface area (Å²) in [6, 6.07) is 15.5. The lowest BCUT2D eigenvalue weighted by atomic mass is 10.1. The van der Waals surface area contributed by atoms with Crippen LogP contribution in [0.1, 0.15) is 21.5 Å². The molecule has 0 radical (unpaired) electrons. The molecule has 0 saturated heterocycles. The Morgan fingerprint density at radius 3 is 2.05 bits per heavy atom. The molecular weight excluding hydrogens is 262 g/mol. The molecule has 0 bridgehead atoms. The molecule has 3 heteroatoms. The number of hydrogen-bond acceptors (Lipinski definition) is 2. The highest BCUT2D eigenvalue weighted by molar-refractivity contribution is 5.94. The molecule has 0 heterocycles. The summed E-state index contributed by atoms with van der Waals surface area (Å²) < 4.78 is 5.64. The molecule has 21 heavy (non-hydrogen) atoms. The number of amides is 1. The van der Waals surface area contributed by atoms with E-state index in [4.69, 9.17) is 4.74 Å². The Balaban J connectivity index is 1.83. The fourth-order valence-electron chi connectivity index (χ4n) is 1.95. The molecule has 0 N–H and O–H groups in total. The molecule has 2 aromatic carbocycles. The first-order chi connectivity index (χ1) is 10.1. The van der Waals surface area contributed by atoms with Crippen LogP contribution >= 0.6 is 0 Å². The van der Waals surface area contributed by atoms with Crippen LogP contribution < -0.4 is 4.74 Å². The molecule has 0 fully saturated rings. The molecule has 0 aliphatic heterocycles. The van der Waals surface area contributed by atoms with Crippen LogP contribution in [-0.2, 0) is 0 Å². The third-order valence-electron chi connectivity index (χ3n) is 3.36. The van der Waals surface area contributed by atoms with E-state index in [1.807, 2.05) is 62.4 Å². The van der Waals surface area contributed by atoms with Gasteiger partial charge >= 0.3 is 0 Å². The summed E-state index contributed by atoms with van der Waals surface area (Å²) >= 11 is 0. The first-order valence-electron chi connectivity index (χ1n) is 7.08. The third kappa shape index (κ3) is 4.35. The second kappa shape index (κ2) is 6.93. The van der Waals surface area contributed by atoms with Gasteiger partial charge in [-0.2, -0.15) is 0 Å². The maximum atomic E-state index is 12.2. The van der Waals surface area contributed by atoms with Crippen molar-refractivity contribution in [2.45, 2.75) is 13.8 Å². The largest absolute Gasteiger partial charge is 0.492 e. The SMILES string of the molecule is Cc1ccc(OCCN(C)C(=O)c2ccc(C)cc2)cc1. The standard InChI is InChI=1S/C18H21NO2/c1-14-4-8-16(9-5-14)18(20)19(3)12-13-21-17-10-6-15(2)7-11-17/h4-11H,12-13H2,1-3H3. The van der Waals surface area contributed by atoms with Crippen LogP contribution in [0.3, 0.4) is 0 Å². The van der Waals surface area contributed by atoms with Gasteiger partial charge in [0.15, 0.2) is 0 Å². The van der Waals surface area contributed by atoms with E-state index in [9.17, 15) is 4.79 Å². The highest BCUT2D eigenvalue weighted by atomic mass is 16.5. The average molecular weight is 283 g/mol. The predicted molar refractivity (Wildman–Crippen MR) is 84.8 cm³/mol. The van der Waals surface area contributed by atoms with Gasteiger partial charge in [-0.15, -0.1) is 0 Å². The van der Waals surface area contributed by atoms with Crippen LogP contribution in [-0.4, -0.2) is 31.0 Å². The molecule has 0 aliphatic carbocycles. The van der Waals surface area contributed by atoms with Crippen LogP contribution in [0.25, 0.3) is 0 Å². The minimum Gasteiger partial charge on any atom is -0.492 e. The zero-order valence-electron chi connectivity index (χ0n) is 12.8. The Hall–Kier alpha value is -2.29. The van der Waals surface area contributed by atoms with Gasteiger partial charge in [-0.3, -0.25) is 4.79 Å². The van der Waals surface area contributed by atoms with Crippen LogP contribution in [0.15, 0.2) is 48.5 Å². The second-order valence-corrected chi connectivity index (χ2v) is 5.25. The van der Waals surface area contributed by atoms with Crippen LogP contribution in [0, 0.1) is 13.8 Å². The maximum Gasteiger partial charge on any atom is 0.253 e. The lowest BCUT2D eigenvalue weighted by Crippen LogP contribution is -2.30. The topological polar surface area (TPSA) is 29.5 Å². The molecule has 2 rings (SSSR count). The normalized spacial score (nSPS) is 10.2. The molecule has 0 aliphatic rings. The summed E-state index contributed by atoms with van der Waals surface area (Å²) in [5, 5.41) is 0. The third-order valence-corrected chi connectivity index (χ3v) is 3.36. The molecule has 0 spiro atoms. The van der Waals surface area contributed by atoms with Crippen LogP contribution in [0.4, 0.5) is 0 Å².